The molecule has 73 heavy (non-hydrogen) atoms. The van der Waals surface area contributed by atoms with Crippen LogP contribution in [0.1, 0.15) is 6.42 Å². The normalized spacial score (nSPS) is 17.8. The average molecular weight is 937 g/mol. The second-order valence-corrected chi connectivity index (χ2v) is 19.5. The number of fused-ring (bicyclic) bond motifs is 12. The zero-order valence-electron chi connectivity index (χ0n) is 40.0. The van der Waals surface area contributed by atoms with Crippen LogP contribution < -0.4 is 20.2 Å². The quantitative estimate of drug-likeness (QED) is 0.152. The zero-order valence-corrected chi connectivity index (χ0v) is 40.0. The SMILES string of the molecule is C1=CC2C(=c3ccccc3=C3C4=CC=C(N(c5ccccc5)c5ccc6c(c5)c5ccccc5n6-c5ccccc5)CC4O[C@@H]32)C=C1N(c1ccccc1)c1ccc2c(c1)c1ccccc1n2-c1ccccc1. The predicted molar refractivity (Wildman–Crippen MR) is 301 cm³/mol. The van der Waals surface area contributed by atoms with Crippen LogP contribution in [0.25, 0.3) is 66.1 Å². The molecule has 0 saturated carbocycles. The molecule has 0 N–H and O–H groups in total. The third-order valence-electron chi connectivity index (χ3n) is 15.5. The summed E-state index contributed by atoms with van der Waals surface area (Å²) in [6, 6.07) is 83.4. The van der Waals surface area contributed by atoms with E-state index in [0.29, 0.717) is 0 Å². The lowest BCUT2D eigenvalue weighted by Gasteiger charge is -2.33. The van der Waals surface area contributed by atoms with Crippen LogP contribution >= 0.6 is 0 Å². The molecule has 11 aromatic rings. The van der Waals surface area contributed by atoms with Gasteiger partial charge in [-0.3, -0.25) is 0 Å². The number of rotatable bonds is 8. The summed E-state index contributed by atoms with van der Waals surface area (Å²) >= 11 is 0. The highest BCUT2D eigenvalue weighted by Gasteiger charge is 2.44. The summed E-state index contributed by atoms with van der Waals surface area (Å²) in [4.78, 5) is 4.85. The van der Waals surface area contributed by atoms with E-state index in [4.69, 9.17) is 4.74 Å². The molecule has 0 radical (unpaired) electrons. The van der Waals surface area contributed by atoms with Gasteiger partial charge in [-0.1, -0.05) is 146 Å². The second kappa shape index (κ2) is 16.7. The monoisotopic (exact) mass is 936 g/mol. The van der Waals surface area contributed by atoms with Crippen LogP contribution in [0, 0.1) is 5.92 Å². The van der Waals surface area contributed by atoms with Crippen molar-refractivity contribution in [1.82, 2.24) is 9.13 Å². The molecule has 4 aliphatic rings. The molecule has 1 saturated heterocycles. The van der Waals surface area contributed by atoms with Crippen LogP contribution in [0.3, 0.4) is 0 Å². The Bertz CT molecular complexity index is 4280. The topological polar surface area (TPSA) is 25.6 Å². The van der Waals surface area contributed by atoms with Gasteiger partial charge in [-0.05, 0) is 142 Å². The van der Waals surface area contributed by atoms with Crippen molar-refractivity contribution in [3.8, 4) is 11.4 Å². The fourth-order valence-corrected chi connectivity index (χ4v) is 12.4. The third-order valence-corrected chi connectivity index (χ3v) is 15.5. The highest BCUT2D eigenvalue weighted by atomic mass is 16.5. The van der Waals surface area contributed by atoms with Gasteiger partial charge in [0.25, 0.3) is 0 Å². The van der Waals surface area contributed by atoms with Crippen molar-refractivity contribution in [2.45, 2.75) is 18.6 Å². The number of hydrogen-bond donors (Lipinski definition) is 0. The van der Waals surface area contributed by atoms with Crippen molar-refractivity contribution in [1.29, 1.82) is 0 Å². The van der Waals surface area contributed by atoms with Crippen LogP contribution in [-0.4, -0.2) is 21.3 Å². The first-order chi connectivity index (χ1) is 36.2. The number of allylic oxidation sites excluding steroid dienone is 4. The van der Waals surface area contributed by atoms with Gasteiger partial charge in [-0.2, -0.15) is 0 Å². The molecule has 9 aromatic carbocycles. The third kappa shape index (κ3) is 6.59. The van der Waals surface area contributed by atoms with Gasteiger partial charge in [0.2, 0.25) is 0 Å². The molecule has 0 amide bonds. The van der Waals surface area contributed by atoms with E-state index in [1.54, 1.807) is 0 Å². The Kier molecular flexibility index (Phi) is 9.54. The highest BCUT2D eigenvalue weighted by Crippen LogP contribution is 2.48. The first-order valence-electron chi connectivity index (χ1n) is 25.4. The Hall–Kier alpha value is -9.16. The number of para-hydroxylation sites is 6. The van der Waals surface area contributed by atoms with Gasteiger partial charge in [0, 0.05) is 79.4 Å². The Labute approximate surface area is 423 Å². The summed E-state index contributed by atoms with van der Waals surface area (Å²) in [6.45, 7) is 0. The number of ether oxygens (including phenoxy) is 1. The maximum atomic E-state index is 7.43. The molecule has 1 aliphatic heterocycles. The van der Waals surface area contributed by atoms with Gasteiger partial charge >= 0.3 is 0 Å². The molecule has 3 aliphatic carbocycles. The predicted octanol–water partition coefficient (Wildman–Crippen LogP) is 14.9. The molecule has 5 nitrogen and oxygen atoms in total. The van der Waals surface area contributed by atoms with E-state index in [2.05, 4.69) is 280 Å². The lowest BCUT2D eigenvalue weighted by Crippen LogP contribution is -2.41. The molecule has 5 heteroatoms. The number of nitrogens with zero attached hydrogens (tertiary/aromatic N) is 4. The smallest absolute Gasteiger partial charge is 0.0946 e. The number of anilines is 4. The van der Waals surface area contributed by atoms with Crippen molar-refractivity contribution < 1.29 is 4.74 Å². The maximum absolute atomic E-state index is 7.43. The van der Waals surface area contributed by atoms with Crippen LogP contribution in [0.2, 0.25) is 0 Å². The van der Waals surface area contributed by atoms with Crippen molar-refractivity contribution >= 4 is 77.5 Å². The van der Waals surface area contributed by atoms with E-state index in [1.807, 2.05) is 0 Å². The molecule has 3 atom stereocenters. The summed E-state index contributed by atoms with van der Waals surface area (Å²) in [7, 11) is 0. The van der Waals surface area contributed by atoms with E-state index in [9.17, 15) is 0 Å². The van der Waals surface area contributed by atoms with E-state index in [0.717, 1.165) is 46.2 Å². The van der Waals surface area contributed by atoms with E-state index in [1.165, 1.54) is 76.5 Å². The first-order valence-corrected chi connectivity index (χ1v) is 25.4. The highest BCUT2D eigenvalue weighted by molar-refractivity contribution is 6.12. The molecule has 1 fully saturated rings. The Morgan fingerprint density at radius 1 is 0.425 bits per heavy atom. The molecule has 2 unspecified atom stereocenters. The zero-order chi connectivity index (χ0) is 48.0. The number of aromatic nitrogens is 2. The number of hydrogen-bond acceptors (Lipinski definition) is 3. The Morgan fingerprint density at radius 2 is 0.918 bits per heavy atom. The van der Waals surface area contributed by atoms with Crippen LogP contribution in [0.4, 0.5) is 22.7 Å². The van der Waals surface area contributed by atoms with Gasteiger partial charge in [0.05, 0.1) is 34.3 Å². The first kappa shape index (κ1) is 41.6. The molecule has 0 bridgehead atoms. The summed E-state index contributed by atoms with van der Waals surface area (Å²) in [5.41, 5.74) is 17.7. The van der Waals surface area contributed by atoms with Gasteiger partial charge in [-0.25, -0.2) is 0 Å². The minimum atomic E-state index is -0.126. The largest absolute Gasteiger partial charge is 0.364 e. The molecular weight excluding hydrogens is 889 g/mol. The van der Waals surface area contributed by atoms with Gasteiger partial charge in [0.1, 0.15) is 0 Å². The lowest BCUT2D eigenvalue weighted by molar-refractivity contribution is 0.0557. The van der Waals surface area contributed by atoms with E-state index >= 15 is 0 Å². The molecule has 15 rings (SSSR count). The minimum absolute atomic E-state index is 0.0436. The number of benzene rings is 9. The maximum Gasteiger partial charge on any atom is 0.0946 e. The van der Waals surface area contributed by atoms with Crippen molar-refractivity contribution in [3.05, 3.63) is 288 Å². The molecular formula is C68H48N4O. The van der Waals surface area contributed by atoms with E-state index in [-0.39, 0.29) is 18.1 Å². The molecule has 346 valence electrons. The molecule has 2 aromatic heterocycles. The van der Waals surface area contributed by atoms with Crippen LogP contribution in [-0.2, 0) is 4.74 Å². The van der Waals surface area contributed by atoms with Crippen molar-refractivity contribution in [2.24, 2.45) is 5.92 Å². The Balaban J connectivity index is 0.843. The lowest BCUT2D eigenvalue weighted by atomic mass is 9.77. The van der Waals surface area contributed by atoms with Gasteiger partial charge in [0.15, 0.2) is 0 Å². The Morgan fingerprint density at radius 3 is 1.52 bits per heavy atom. The standard InChI is InChI=1S/C68H48N4O/c1-5-19-45(20-6-1)69(50-35-39-64-60(42-50)54-28-15-17-31-62(54)71(64)47-23-9-3-10-24-47)49-33-37-57-59(41-49)53-27-13-14-30-56(53)67-58-38-34-52(44-66(58)73-68(57)67)70(46-21-7-2-8-22-46)51-36-40-65-61(43-51)55-29-16-18-32-63(55)72(65)48-25-11-4-12-26-48/h1-43,57,66,68H,44H2/t57?,66?,68-/m1/s1. The fraction of sp³-hybridized carbons (Fsp3) is 0.0588. The van der Waals surface area contributed by atoms with Crippen molar-refractivity contribution in [3.63, 3.8) is 0 Å². The average Bonchev–Trinajstić information content (AvgIpc) is 4.12. The fourth-order valence-electron chi connectivity index (χ4n) is 12.4. The second-order valence-electron chi connectivity index (χ2n) is 19.5. The summed E-state index contributed by atoms with van der Waals surface area (Å²) in [5.74, 6) is 0.0436. The summed E-state index contributed by atoms with van der Waals surface area (Å²) in [5, 5.41) is 7.44. The van der Waals surface area contributed by atoms with Crippen LogP contribution in [0.15, 0.2) is 278 Å². The van der Waals surface area contributed by atoms with E-state index < -0.39 is 0 Å². The summed E-state index contributed by atoms with van der Waals surface area (Å²) in [6.07, 6.45) is 12.4. The molecule has 3 heterocycles. The van der Waals surface area contributed by atoms with Gasteiger partial charge in [-0.15, -0.1) is 0 Å². The van der Waals surface area contributed by atoms with Crippen molar-refractivity contribution in [2.75, 3.05) is 9.80 Å². The van der Waals surface area contributed by atoms with Crippen LogP contribution in [0.5, 0.6) is 0 Å². The summed E-state index contributed by atoms with van der Waals surface area (Å²) < 4.78 is 12.2. The van der Waals surface area contributed by atoms with Gasteiger partial charge < -0.3 is 23.7 Å². The molecule has 0 spiro atoms. The minimum Gasteiger partial charge on any atom is -0.364 e.